The van der Waals surface area contributed by atoms with Crippen LogP contribution in [0.3, 0.4) is 0 Å². The van der Waals surface area contributed by atoms with E-state index in [9.17, 15) is 21.6 Å². The number of hydrogen-bond acceptors (Lipinski definition) is 5. The Labute approximate surface area is 160 Å². The second kappa shape index (κ2) is 6.98. The first-order valence-corrected chi connectivity index (χ1v) is 9.25. The predicted molar refractivity (Wildman–Crippen MR) is 91.9 cm³/mol. The van der Waals surface area contributed by atoms with E-state index in [1.54, 1.807) is 6.07 Å². The maximum absolute atomic E-state index is 12.8. The van der Waals surface area contributed by atoms with E-state index in [0.717, 1.165) is 0 Å². The average molecular weight is 438 g/mol. The molecule has 1 heterocycles. The first-order valence-electron chi connectivity index (χ1n) is 7.01. The molecule has 3 rings (SSSR count). The van der Waals surface area contributed by atoms with Crippen LogP contribution in [0, 0.1) is 0 Å². The van der Waals surface area contributed by atoms with Gasteiger partial charge in [0.2, 0.25) is 0 Å². The predicted octanol–water partition coefficient (Wildman–Crippen LogP) is 3.99. The molecule has 0 fully saturated rings. The number of halogens is 5. The minimum atomic E-state index is -4.72. The summed E-state index contributed by atoms with van der Waals surface area (Å²) in [5, 5.41) is 11.7. The molecule has 0 aliphatic heterocycles. The Morgan fingerprint density at radius 3 is 2.30 bits per heavy atom. The van der Waals surface area contributed by atoms with Crippen molar-refractivity contribution in [3.63, 3.8) is 0 Å². The van der Waals surface area contributed by atoms with Crippen molar-refractivity contribution in [3.05, 3.63) is 52.0 Å². The Kier molecular flexibility index (Phi) is 5.02. The number of nitrogens with zero attached hydrogens (tertiary/aromatic N) is 3. The molecule has 2 aromatic carbocycles. The van der Waals surface area contributed by atoms with Crippen LogP contribution in [0.25, 0.3) is 11.4 Å². The van der Waals surface area contributed by atoms with E-state index in [0.29, 0.717) is 23.5 Å². The van der Waals surface area contributed by atoms with Crippen LogP contribution in [0.4, 0.5) is 18.9 Å². The monoisotopic (exact) mass is 437 g/mol. The van der Waals surface area contributed by atoms with Gasteiger partial charge in [0, 0.05) is 11.3 Å². The fourth-order valence-corrected chi connectivity index (χ4v) is 4.46. The summed E-state index contributed by atoms with van der Waals surface area (Å²) in [4.78, 5) is -0.662. The summed E-state index contributed by atoms with van der Waals surface area (Å²) in [7, 11) is -4.37. The average Bonchev–Trinajstić information content (AvgIpc) is 3.07. The van der Waals surface area contributed by atoms with Crippen LogP contribution in [0.2, 0.25) is 10.0 Å². The fraction of sp³-hybridized carbons (Fsp3) is 0.0714. The highest BCUT2D eigenvalue weighted by atomic mass is 35.5. The van der Waals surface area contributed by atoms with Gasteiger partial charge in [-0.1, -0.05) is 35.3 Å². The van der Waals surface area contributed by atoms with Crippen molar-refractivity contribution in [1.29, 1.82) is 0 Å². The van der Waals surface area contributed by atoms with E-state index in [-0.39, 0.29) is 5.69 Å². The Morgan fingerprint density at radius 2 is 1.74 bits per heavy atom. The molecule has 0 bridgehead atoms. The third-order valence-corrected chi connectivity index (χ3v) is 5.63. The number of rotatable bonds is 4. The molecule has 0 radical (unpaired) electrons. The number of nitrogens with one attached hydrogen (secondary N) is 2. The number of benzene rings is 2. The minimum absolute atomic E-state index is 0.107. The molecular weight excluding hydrogens is 430 g/mol. The molecule has 0 aliphatic rings. The Balaban J connectivity index is 1.98. The maximum atomic E-state index is 12.8. The van der Waals surface area contributed by atoms with Crippen LogP contribution >= 0.6 is 23.2 Å². The topological polar surface area (TPSA) is 101 Å². The fourth-order valence-electron chi connectivity index (χ4n) is 2.20. The number of hydrogen-bond donors (Lipinski definition) is 2. The first kappa shape index (κ1) is 19.4. The Morgan fingerprint density at radius 1 is 1.07 bits per heavy atom. The molecule has 1 aromatic heterocycles. The summed E-state index contributed by atoms with van der Waals surface area (Å²) in [6.07, 6.45) is -4.72. The zero-order valence-electron chi connectivity index (χ0n) is 12.9. The second-order valence-corrected chi connectivity index (χ2v) is 7.64. The van der Waals surface area contributed by atoms with Crippen LogP contribution in [0.5, 0.6) is 0 Å². The van der Waals surface area contributed by atoms with Gasteiger partial charge in [-0.05, 0) is 34.7 Å². The molecule has 0 aliphatic carbocycles. The molecular formula is C14H8Cl2F3N5O2S. The number of sulfonamides is 1. The number of H-pyrrole nitrogens is 1. The lowest BCUT2D eigenvalue weighted by molar-refractivity contribution is -0.137. The van der Waals surface area contributed by atoms with Crippen molar-refractivity contribution in [2.45, 2.75) is 11.1 Å². The smallest absolute Gasteiger partial charge is 0.280 e. The van der Waals surface area contributed by atoms with Gasteiger partial charge in [0.1, 0.15) is 4.90 Å². The van der Waals surface area contributed by atoms with E-state index in [4.69, 9.17) is 23.2 Å². The van der Waals surface area contributed by atoms with Gasteiger partial charge >= 0.3 is 6.18 Å². The summed E-state index contributed by atoms with van der Waals surface area (Å²) >= 11 is 11.5. The van der Waals surface area contributed by atoms with Crippen molar-refractivity contribution >= 4 is 38.9 Å². The highest BCUT2D eigenvalue weighted by Crippen LogP contribution is 2.38. The van der Waals surface area contributed by atoms with E-state index in [1.165, 1.54) is 18.2 Å². The Bertz CT molecular complexity index is 1070. The third-order valence-electron chi connectivity index (χ3n) is 3.33. The summed E-state index contributed by atoms with van der Waals surface area (Å²) in [5.74, 6) is 0.293. The van der Waals surface area contributed by atoms with E-state index >= 15 is 0 Å². The highest BCUT2D eigenvalue weighted by Gasteiger charge is 2.34. The maximum Gasteiger partial charge on any atom is 0.416 e. The van der Waals surface area contributed by atoms with E-state index in [2.05, 4.69) is 25.3 Å². The van der Waals surface area contributed by atoms with Gasteiger partial charge in [0.25, 0.3) is 10.0 Å². The number of aromatic amines is 1. The van der Waals surface area contributed by atoms with Crippen molar-refractivity contribution in [1.82, 2.24) is 20.6 Å². The number of tetrazole rings is 1. The van der Waals surface area contributed by atoms with Crippen molar-refractivity contribution in [2.24, 2.45) is 0 Å². The summed E-state index contributed by atoms with van der Waals surface area (Å²) in [6.45, 7) is 0. The highest BCUT2D eigenvalue weighted by molar-refractivity contribution is 7.93. The quantitative estimate of drug-likeness (QED) is 0.642. The molecule has 2 N–H and O–H groups in total. The molecule has 0 atom stereocenters. The molecule has 3 aromatic rings. The number of alkyl halides is 3. The van der Waals surface area contributed by atoms with Gasteiger partial charge in [-0.2, -0.15) is 13.2 Å². The molecule has 0 spiro atoms. The van der Waals surface area contributed by atoms with Crippen LogP contribution in [0.15, 0.2) is 41.3 Å². The minimum Gasteiger partial charge on any atom is -0.280 e. The Hall–Kier alpha value is -2.37. The van der Waals surface area contributed by atoms with Gasteiger partial charge in [-0.25, -0.2) is 13.5 Å². The molecule has 0 unspecified atom stereocenters. The molecule has 0 saturated heterocycles. The zero-order valence-corrected chi connectivity index (χ0v) is 15.2. The van der Waals surface area contributed by atoms with Crippen molar-refractivity contribution in [2.75, 3.05) is 4.72 Å². The SMILES string of the molecule is O=S(=O)(Nc1cccc(-c2nnn[nH]2)c1)c1c(Cl)cc(C(F)(F)F)cc1Cl. The van der Waals surface area contributed by atoms with E-state index in [1.807, 2.05) is 0 Å². The summed E-state index contributed by atoms with van der Waals surface area (Å²) in [5.41, 5.74) is -0.572. The normalized spacial score (nSPS) is 12.2. The lowest BCUT2D eigenvalue weighted by Gasteiger charge is -2.14. The lowest BCUT2D eigenvalue weighted by Crippen LogP contribution is -2.15. The molecule has 13 heteroatoms. The molecule has 142 valence electrons. The van der Waals surface area contributed by atoms with Crippen LogP contribution < -0.4 is 4.72 Å². The standard InChI is InChI=1S/C14H8Cl2F3N5O2S/c15-10-5-8(14(17,18)19)6-11(16)12(10)27(25,26)22-9-3-1-2-7(4-9)13-20-23-24-21-13/h1-6,22H,(H,20,21,23,24). The molecule has 0 amide bonds. The van der Waals surface area contributed by atoms with Crippen LogP contribution in [-0.2, 0) is 16.2 Å². The molecule has 7 nitrogen and oxygen atoms in total. The van der Waals surface area contributed by atoms with Gasteiger partial charge < -0.3 is 0 Å². The third kappa shape index (κ3) is 4.15. The van der Waals surface area contributed by atoms with E-state index < -0.39 is 36.7 Å². The van der Waals surface area contributed by atoms with Gasteiger partial charge in [0.05, 0.1) is 15.6 Å². The molecule has 0 saturated carbocycles. The van der Waals surface area contributed by atoms with Gasteiger partial charge in [-0.3, -0.25) is 4.72 Å². The van der Waals surface area contributed by atoms with Crippen molar-refractivity contribution in [3.8, 4) is 11.4 Å². The number of aromatic nitrogens is 4. The summed E-state index contributed by atoms with van der Waals surface area (Å²) in [6, 6.07) is 7.00. The van der Waals surface area contributed by atoms with Gasteiger partial charge in [-0.15, -0.1) is 5.10 Å². The van der Waals surface area contributed by atoms with Crippen molar-refractivity contribution < 1.29 is 21.6 Å². The second-order valence-electron chi connectivity index (χ2n) is 5.20. The first-order chi connectivity index (χ1) is 12.6. The largest absolute Gasteiger partial charge is 0.416 e. The van der Waals surface area contributed by atoms with Crippen LogP contribution in [-0.4, -0.2) is 29.0 Å². The summed E-state index contributed by atoms with van der Waals surface area (Å²) < 4.78 is 65.8. The lowest BCUT2D eigenvalue weighted by atomic mass is 10.2. The molecule has 27 heavy (non-hydrogen) atoms. The number of anilines is 1. The van der Waals surface area contributed by atoms with Crippen LogP contribution in [0.1, 0.15) is 5.56 Å². The van der Waals surface area contributed by atoms with Gasteiger partial charge in [0.15, 0.2) is 5.82 Å². The zero-order chi connectivity index (χ0) is 19.8.